The molecule has 0 spiro atoms. The number of fused-ring (bicyclic) bond motifs is 1. The van der Waals surface area contributed by atoms with Gasteiger partial charge in [0.2, 0.25) is 9.84 Å². The normalized spacial score (nSPS) is 11.7. The van der Waals surface area contributed by atoms with Gasteiger partial charge in [0, 0.05) is 0 Å². The van der Waals surface area contributed by atoms with Crippen LogP contribution in [0.1, 0.15) is 0 Å². The van der Waals surface area contributed by atoms with Gasteiger partial charge < -0.3 is 5.73 Å². The second kappa shape index (κ2) is 4.86. The van der Waals surface area contributed by atoms with Crippen LogP contribution in [-0.4, -0.2) is 8.42 Å². The first-order valence-corrected chi connectivity index (χ1v) is 7.76. The van der Waals surface area contributed by atoms with Crippen LogP contribution in [0.3, 0.4) is 0 Å². The van der Waals surface area contributed by atoms with E-state index < -0.39 is 20.5 Å². The Hall–Kier alpha value is -2.40. The second-order valence-electron chi connectivity index (χ2n) is 4.67. The van der Waals surface area contributed by atoms with Crippen molar-refractivity contribution in [2.75, 3.05) is 5.73 Å². The molecule has 3 aromatic carbocycles. The van der Waals surface area contributed by atoms with Gasteiger partial charge in [-0.25, -0.2) is 12.8 Å². The lowest BCUT2D eigenvalue weighted by Gasteiger charge is -2.08. The molecule has 0 heterocycles. The lowest BCUT2D eigenvalue weighted by Crippen LogP contribution is -2.06. The van der Waals surface area contributed by atoms with Crippen molar-refractivity contribution in [1.82, 2.24) is 0 Å². The summed E-state index contributed by atoms with van der Waals surface area (Å²) in [6.07, 6.45) is 0. The Morgan fingerprint density at radius 1 is 0.857 bits per heavy atom. The highest BCUT2D eigenvalue weighted by Crippen LogP contribution is 2.28. The van der Waals surface area contributed by atoms with Crippen LogP contribution in [0.2, 0.25) is 0 Å². The molecule has 0 saturated heterocycles. The zero-order valence-electron chi connectivity index (χ0n) is 11.0. The fourth-order valence-corrected chi connectivity index (χ4v) is 3.59. The highest BCUT2D eigenvalue weighted by molar-refractivity contribution is 7.91. The van der Waals surface area contributed by atoms with E-state index in [1.165, 1.54) is 30.3 Å². The standard InChI is InChI=1S/C16H12FNO2S/c17-16-14(18)6-3-7-15(16)21(19,20)13-9-8-11-4-1-2-5-12(11)10-13/h1-10H,18H2. The molecule has 0 aliphatic carbocycles. The number of rotatable bonds is 2. The monoisotopic (exact) mass is 301 g/mol. The van der Waals surface area contributed by atoms with Crippen LogP contribution >= 0.6 is 0 Å². The summed E-state index contributed by atoms with van der Waals surface area (Å²) >= 11 is 0. The third-order valence-electron chi connectivity index (χ3n) is 3.31. The van der Waals surface area contributed by atoms with Crippen molar-refractivity contribution in [2.24, 2.45) is 0 Å². The minimum atomic E-state index is -3.94. The summed E-state index contributed by atoms with van der Waals surface area (Å²) in [6.45, 7) is 0. The molecule has 3 rings (SSSR count). The van der Waals surface area contributed by atoms with Crippen LogP contribution < -0.4 is 5.73 Å². The summed E-state index contributed by atoms with van der Waals surface area (Å²) in [5.74, 6) is -0.911. The maximum Gasteiger partial charge on any atom is 0.209 e. The number of anilines is 1. The number of nitrogens with two attached hydrogens (primary N) is 1. The fourth-order valence-electron chi connectivity index (χ4n) is 2.20. The summed E-state index contributed by atoms with van der Waals surface area (Å²) in [7, 11) is -3.94. The van der Waals surface area contributed by atoms with Crippen LogP contribution in [0.5, 0.6) is 0 Å². The van der Waals surface area contributed by atoms with E-state index in [0.717, 1.165) is 10.8 Å². The second-order valence-corrected chi connectivity index (χ2v) is 6.59. The Balaban J connectivity index is 2.22. The number of benzene rings is 3. The molecular formula is C16H12FNO2S. The molecule has 2 N–H and O–H groups in total. The van der Waals surface area contributed by atoms with Gasteiger partial charge in [0.05, 0.1) is 10.6 Å². The molecule has 0 unspecified atom stereocenters. The van der Waals surface area contributed by atoms with Gasteiger partial charge in [0.25, 0.3) is 0 Å². The van der Waals surface area contributed by atoms with Crippen molar-refractivity contribution in [2.45, 2.75) is 9.79 Å². The van der Waals surface area contributed by atoms with E-state index in [9.17, 15) is 12.8 Å². The molecule has 0 bridgehead atoms. The van der Waals surface area contributed by atoms with E-state index >= 15 is 0 Å². The number of nitrogen functional groups attached to an aromatic ring is 1. The Bertz CT molecular complexity index is 936. The average Bonchev–Trinajstić information content (AvgIpc) is 2.49. The lowest BCUT2D eigenvalue weighted by atomic mass is 10.1. The highest BCUT2D eigenvalue weighted by atomic mass is 32.2. The van der Waals surface area contributed by atoms with Crippen LogP contribution in [0.25, 0.3) is 10.8 Å². The summed E-state index contributed by atoms with van der Waals surface area (Å²) in [6, 6.07) is 16.1. The molecule has 106 valence electrons. The highest BCUT2D eigenvalue weighted by Gasteiger charge is 2.23. The zero-order chi connectivity index (χ0) is 15.0. The van der Waals surface area contributed by atoms with Crippen molar-refractivity contribution in [3.63, 3.8) is 0 Å². The Labute approximate surface area is 121 Å². The predicted octanol–water partition coefficient (Wildman–Crippen LogP) is 3.39. The zero-order valence-corrected chi connectivity index (χ0v) is 11.8. The Kier molecular flexibility index (Phi) is 3.14. The summed E-state index contributed by atoms with van der Waals surface area (Å²) in [5, 5.41) is 1.70. The topological polar surface area (TPSA) is 60.2 Å². The van der Waals surface area contributed by atoms with Gasteiger partial charge in [0.1, 0.15) is 4.90 Å². The summed E-state index contributed by atoms with van der Waals surface area (Å²) in [5.41, 5.74) is 5.26. The minimum Gasteiger partial charge on any atom is -0.396 e. The number of halogens is 1. The molecule has 0 amide bonds. The number of hydrogen-bond donors (Lipinski definition) is 1. The van der Waals surface area contributed by atoms with Crippen molar-refractivity contribution in [1.29, 1.82) is 0 Å². The molecule has 0 radical (unpaired) electrons. The van der Waals surface area contributed by atoms with Gasteiger partial charge in [0.15, 0.2) is 5.82 Å². The van der Waals surface area contributed by atoms with E-state index in [1.54, 1.807) is 6.07 Å². The number of sulfone groups is 1. The van der Waals surface area contributed by atoms with Crippen molar-refractivity contribution >= 4 is 26.3 Å². The first kappa shape index (κ1) is 13.6. The molecule has 3 nitrogen and oxygen atoms in total. The summed E-state index contributed by atoms with van der Waals surface area (Å²) < 4.78 is 39.1. The molecule has 5 heteroatoms. The Morgan fingerprint density at radius 2 is 1.57 bits per heavy atom. The van der Waals surface area contributed by atoms with Gasteiger partial charge in [-0.05, 0) is 35.0 Å². The average molecular weight is 301 g/mol. The van der Waals surface area contributed by atoms with Crippen molar-refractivity contribution in [3.8, 4) is 0 Å². The molecule has 0 saturated carbocycles. The largest absolute Gasteiger partial charge is 0.396 e. The van der Waals surface area contributed by atoms with Gasteiger partial charge >= 0.3 is 0 Å². The minimum absolute atomic E-state index is 0.0469. The molecule has 21 heavy (non-hydrogen) atoms. The van der Waals surface area contributed by atoms with Crippen LogP contribution in [0.4, 0.5) is 10.1 Å². The van der Waals surface area contributed by atoms with E-state index in [4.69, 9.17) is 5.73 Å². The van der Waals surface area contributed by atoms with E-state index in [2.05, 4.69) is 0 Å². The maximum absolute atomic E-state index is 14.0. The van der Waals surface area contributed by atoms with Crippen molar-refractivity contribution in [3.05, 3.63) is 66.5 Å². The predicted molar refractivity (Wildman–Crippen MR) is 80.2 cm³/mol. The molecule has 0 atom stereocenters. The molecule has 0 aliphatic heterocycles. The quantitative estimate of drug-likeness (QED) is 0.738. The van der Waals surface area contributed by atoms with E-state index in [-0.39, 0.29) is 10.6 Å². The van der Waals surface area contributed by atoms with E-state index in [0.29, 0.717) is 0 Å². The van der Waals surface area contributed by atoms with Gasteiger partial charge in [-0.2, -0.15) is 0 Å². The molecule has 0 aliphatic rings. The molecular weight excluding hydrogens is 289 g/mol. The fraction of sp³-hybridized carbons (Fsp3) is 0. The number of hydrogen-bond acceptors (Lipinski definition) is 3. The van der Waals surface area contributed by atoms with Crippen molar-refractivity contribution < 1.29 is 12.8 Å². The summed E-state index contributed by atoms with van der Waals surface area (Å²) in [4.78, 5) is -0.358. The smallest absolute Gasteiger partial charge is 0.209 e. The lowest BCUT2D eigenvalue weighted by molar-refractivity contribution is 0.569. The van der Waals surface area contributed by atoms with Gasteiger partial charge in [-0.1, -0.05) is 36.4 Å². The van der Waals surface area contributed by atoms with E-state index in [1.807, 2.05) is 24.3 Å². The van der Waals surface area contributed by atoms with Gasteiger partial charge in [-0.15, -0.1) is 0 Å². The van der Waals surface area contributed by atoms with Crippen LogP contribution in [0, 0.1) is 5.82 Å². The first-order chi connectivity index (χ1) is 10.00. The van der Waals surface area contributed by atoms with Crippen LogP contribution in [-0.2, 0) is 9.84 Å². The third kappa shape index (κ3) is 2.25. The van der Waals surface area contributed by atoms with Crippen LogP contribution in [0.15, 0.2) is 70.5 Å². The first-order valence-electron chi connectivity index (χ1n) is 6.28. The molecule has 3 aromatic rings. The van der Waals surface area contributed by atoms with Gasteiger partial charge in [-0.3, -0.25) is 0 Å². The molecule has 0 aromatic heterocycles. The molecule has 0 fully saturated rings. The SMILES string of the molecule is Nc1cccc(S(=O)(=O)c2ccc3ccccc3c2)c1F. The third-order valence-corrected chi connectivity index (χ3v) is 5.08. The Morgan fingerprint density at radius 3 is 2.33 bits per heavy atom. The maximum atomic E-state index is 14.0.